The predicted octanol–water partition coefficient (Wildman–Crippen LogP) is 2.62. The Bertz CT molecular complexity index is 855. The Balaban J connectivity index is 1.61. The minimum atomic E-state index is -4.51. The zero-order valence-corrected chi connectivity index (χ0v) is 16.8. The summed E-state index contributed by atoms with van der Waals surface area (Å²) in [5.74, 6) is 0.0344. The molecule has 156 valence electrons. The Labute approximate surface area is 166 Å². The van der Waals surface area contributed by atoms with E-state index in [0.717, 1.165) is 12.3 Å². The molecule has 0 aromatic carbocycles. The van der Waals surface area contributed by atoms with Crippen LogP contribution in [0.1, 0.15) is 24.8 Å². The summed E-state index contributed by atoms with van der Waals surface area (Å²) >= 11 is 5.99. The van der Waals surface area contributed by atoms with Crippen LogP contribution in [0.2, 0.25) is 5.02 Å². The molecule has 2 saturated heterocycles. The molecule has 3 heterocycles. The van der Waals surface area contributed by atoms with Crippen LogP contribution in [0.25, 0.3) is 0 Å². The highest BCUT2D eigenvalue weighted by atomic mass is 35.5. The Morgan fingerprint density at radius 1 is 1.29 bits per heavy atom. The summed E-state index contributed by atoms with van der Waals surface area (Å²) in [6.45, 7) is 0.872. The first kappa shape index (κ1) is 21.2. The third-order valence-electron chi connectivity index (χ3n) is 5.40. The van der Waals surface area contributed by atoms with Crippen molar-refractivity contribution in [3.63, 3.8) is 0 Å². The van der Waals surface area contributed by atoms with Crippen LogP contribution in [-0.4, -0.2) is 61.9 Å². The number of pyridine rings is 1. The monoisotopic (exact) mass is 439 g/mol. The zero-order valence-electron chi connectivity index (χ0n) is 15.2. The van der Waals surface area contributed by atoms with Gasteiger partial charge >= 0.3 is 6.18 Å². The lowest BCUT2D eigenvalue weighted by molar-refractivity contribution is -0.138. The number of amides is 1. The summed E-state index contributed by atoms with van der Waals surface area (Å²) in [6.07, 6.45) is -2.29. The molecule has 6 nitrogen and oxygen atoms in total. The molecule has 11 heteroatoms. The van der Waals surface area contributed by atoms with Crippen molar-refractivity contribution in [2.24, 2.45) is 5.92 Å². The SMILES string of the molecule is CN(C(=O)C1CCN(c2ncc(C(F)(F)F)cc2Cl)CC1)C1CCS(=O)(=O)C1. The Hall–Kier alpha value is -1.55. The van der Waals surface area contributed by atoms with Crippen LogP contribution in [0.3, 0.4) is 0 Å². The van der Waals surface area contributed by atoms with E-state index in [-0.39, 0.29) is 40.2 Å². The molecule has 1 aromatic heterocycles. The van der Waals surface area contributed by atoms with Crippen LogP contribution in [0.15, 0.2) is 12.3 Å². The Morgan fingerprint density at radius 2 is 1.93 bits per heavy atom. The fourth-order valence-corrected chi connectivity index (χ4v) is 5.77. The number of halogens is 4. The maximum atomic E-state index is 12.7. The first-order valence-electron chi connectivity index (χ1n) is 8.93. The summed E-state index contributed by atoms with van der Waals surface area (Å²) < 4.78 is 61.5. The van der Waals surface area contributed by atoms with E-state index in [0.29, 0.717) is 32.4 Å². The molecule has 0 spiro atoms. The van der Waals surface area contributed by atoms with Gasteiger partial charge in [-0.15, -0.1) is 0 Å². The van der Waals surface area contributed by atoms with E-state index in [2.05, 4.69) is 4.98 Å². The van der Waals surface area contributed by atoms with E-state index < -0.39 is 21.6 Å². The second kappa shape index (κ2) is 7.70. The molecule has 0 aliphatic carbocycles. The van der Waals surface area contributed by atoms with E-state index >= 15 is 0 Å². The fraction of sp³-hybridized carbons (Fsp3) is 0.647. The number of piperidine rings is 1. The van der Waals surface area contributed by atoms with Crippen molar-refractivity contribution in [1.29, 1.82) is 0 Å². The highest BCUT2D eigenvalue weighted by molar-refractivity contribution is 7.91. The van der Waals surface area contributed by atoms with Crippen LogP contribution in [-0.2, 0) is 20.8 Å². The summed E-state index contributed by atoms with van der Waals surface area (Å²) in [4.78, 5) is 19.9. The number of aromatic nitrogens is 1. The van der Waals surface area contributed by atoms with Gasteiger partial charge in [0.2, 0.25) is 5.91 Å². The number of carbonyl (C=O) groups is 1. The molecule has 1 amide bonds. The van der Waals surface area contributed by atoms with Crippen molar-refractivity contribution in [3.8, 4) is 0 Å². The van der Waals surface area contributed by atoms with E-state index in [1.54, 1.807) is 11.9 Å². The van der Waals surface area contributed by atoms with E-state index in [9.17, 15) is 26.4 Å². The molecule has 2 fully saturated rings. The lowest BCUT2D eigenvalue weighted by Crippen LogP contribution is -2.45. The van der Waals surface area contributed by atoms with Crippen LogP contribution >= 0.6 is 11.6 Å². The van der Waals surface area contributed by atoms with Crippen molar-refractivity contribution >= 4 is 33.2 Å². The average molecular weight is 440 g/mol. The van der Waals surface area contributed by atoms with Crippen LogP contribution in [0, 0.1) is 5.92 Å². The number of carbonyl (C=O) groups excluding carboxylic acids is 1. The van der Waals surface area contributed by atoms with Gasteiger partial charge in [-0.05, 0) is 25.3 Å². The van der Waals surface area contributed by atoms with Gasteiger partial charge in [0.25, 0.3) is 0 Å². The molecule has 2 aliphatic rings. The van der Waals surface area contributed by atoms with Gasteiger partial charge in [0.15, 0.2) is 9.84 Å². The quantitative estimate of drug-likeness (QED) is 0.724. The molecule has 1 aromatic rings. The Morgan fingerprint density at radius 3 is 2.43 bits per heavy atom. The molecular formula is C17H21ClF3N3O3S. The molecule has 2 aliphatic heterocycles. The molecule has 1 atom stereocenters. The van der Waals surface area contributed by atoms with Crippen molar-refractivity contribution in [3.05, 3.63) is 22.8 Å². The molecule has 1 unspecified atom stereocenters. The number of hydrogen-bond acceptors (Lipinski definition) is 5. The minimum Gasteiger partial charge on any atom is -0.355 e. The normalized spacial score (nSPS) is 23.0. The highest BCUT2D eigenvalue weighted by Crippen LogP contribution is 2.35. The summed E-state index contributed by atoms with van der Waals surface area (Å²) in [6, 6.07) is 0.566. The molecule has 3 rings (SSSR count). The first-order valence-corrected chi connectivity index (χ1v) is 11.1. The lowest BCUT2D eigenvalue weighted by atomic mass is 9.94. The molecule has 0 N–H and O–H groups in total. The maximum absolute atomic E-state index is 12.7. The number of anilines is 1. The van der Waals surface area contributed by atoms with Crippen LogP contribution in [0.4, 0.5) is 19.0 Å². The third kappa shape index (κ3) is 4.53. The van der Waals surface area contributed by atoms with Gasteiger partial charge in [0, 0.05) is 38.3 Å². The number of rotatable bonds is 3. The van der Waals surface area contributed by atoms with Gasteiger partial charge in [-0.1, -0.05) is 11.6 Å². The van der Waals surface area contributed by atoms with E-state index in [1.807, 2.05) is 0 Å². The van der Waals surface area contributed by atoms with E-state index in [1.165, 1.54) is 4.90 Å². The molecule has 0 radical (unpaired) electrons. The lowest BCUT2D eigenvalue weighted by Gasteiger charge is -2.35. The van der Waals surface area contributed by atoms with Gasteiger partial charge in [0.1, 0.15) is 5.82 Å². The summed E-state index contributed by atoms with van der Waals surface area (Å²) in [5.41, 5.74) is -0.903. The van der Waals surface area contributed by atoms with Crippen LogP contribution in [0.5, 0.6) is 0 Å². The number of nitrogens with zero attached hydrogens (tertiary/aromatic N) is 3. The van der Waals surface area contributed by atoms with Gasteiger partial charge in [-0.2, -0.15) is 13.2 Å². The summed E-state index contributed by atoms with van der Waals surface area (Å²) in [5, 5.41) is -0.0760. The van der Waals surface area contributed by atoms with Gasteiger partial charge < -0.3 is 9.80 Å². The number of alkyl halides is 3. The first-order chi connectivity index (χ1) is 13.0. The van der Waals surface area contributed by atoms with Crippen molar-refractivity contribution in [2.75, 3.05) is 36.5 Å². The van der Waals surface area contributed by atoms with E-state index in [4.69, 9.17) is 11.6 Å². The smallest absolute Gasteiger partial charge is 0.355 e. The molecule has 0 bridgehead atoms. The topological polar surface area (TPSA) is 70.6 Å². The van der Waals surface area contributed by atoms with Gasteiger partial charge in [-0.25, -0.2) is 13.4 Å². The predicted molar refractivity (Wildman–Crippen MR) is 99.0 cm³/mol. The van der Waals surface area contributed by atoms with Crippen molar-refractivity contribution in [1.82, 2.24) is 9.88 Å². The zero-order chi connectivity index (χ0) is 20.7. The maximum Gasteiger partial charge on any atom is 0.417 e. The average Bonchev–Trinajstić information content (AvgIpc) is 2.99. The number of hydrogen-bond donors (Lipinski definition) is 0. The largest absolute Gasteiger partial charge is 0.417 e. The molecular weight excluding hydrogens is 419 g/mol. The van der Waals surface area contributed by atoms with Crippen LogP contribution < -0.4 is 4.90 Å². The highest BCUT2D eigenvalue weighted by Gasteiger charge is 2.37. The summed E-state index contributed by atoms with van der Waals surface area (Å²) in [7, 11) is -1.44. The minimum absolute atomic E-state index is 0.000826. The molecule has 28 heavy (non-hydrogen) atoms. The standard InChI is InChI=1S/C17H21ClF3N3O3S/c1-23(13-4-7-28(26,27)10-13)16(25)11-2-5-24(6-3-11)15-14(18)8-12(9-22-15)17(19,20)21/h8-9,11,13H,2-7,10H2,1H3. The third-order valence-corrected chi connectivity index (χ3v) is 7.43. The molecule has 0 saturated carbocycles. The fourth-order valence-electron chi connectivity index (χ4n) is 3.71. The van der Waals surface area contributed by atoms with Gasteiger partial charge in [0.05, 0.1) is 22.1 Å². The number of sulfone groups is 1. The van der Waals surface area contributed by atoms with Gasteiger partial charge in [-0.3, -0.25) is 4.79 Å². The Kier molecular flexibility index (Phi) is 5.82. The van der Waals surface area contributed by atoms with Crippen molar-refractivity contribution < 1.29 is 26.4 Å². The second-order valence-electron chi connectivity index (χ2n) is 7.29. The second-order valence-corrected chi connectivity index (χ2v) is 9.93. The van der Waals surface area contributed by atoms with Crippen molar-refractivity contribution in [2.45, 2.75) is 31.5 Å².